The van der Waals surface area contributed by atoms with Gasteiger partial charge in [0.05, 0.1) is 12.7 Å². The van der Waals surface area contributed by atoms with Crippen molar-refractivity contribution >= 4 is 5.91 Å². The summed E-state index contributed by atoms with van der Waals surface area (Å²) < 4.78 is 5.19. The second-order valence-corrected chi connectivity index (χ2v) is 9.03. The van der Waals surface area contributed by atoms with E-state index in [9.17, 15) is 9.90 Å². The van der Waals surface area contributed by atoms with Gasteiger partial charge >= 0.3 is 0 Å². The molecule has 2 N–H and O–H groups in total. The largest absolute Gasteiger partial charge is 0.389 e. The van der Waals surface area contributed by atoms with Crippen molar-refractivity contribution in [3.05, 3.63) is 35.9 Å². The molecule has 31 heavy (non-hydrogen) atoms. The third-order valence-electron chi connectivity index (χ3n) is 6.78. The van der Waals surface area contributed by atoms with Crippen molar-refractivity contribution in [1.29, 1.82) is 0 Å². The van der Waals surface area contributed by atoms with Crippen LogP contribution in [0.1, 0.15) is 44.6 Å². The zero-order valence-corrected chi connectivity index (χ0v) is 19.2. The first-order chi connectivity index (χ1) is 15.2. The lowest BCUT2D eigenvalue weighted by Gasteiger charge is -2.41. The number of carbonyl (C=O) groups excluding carboxylic acids is 1. The number of aliphatic hydroxyl groups excluding tert-OH is 1. The summed E-state index contributed by atoms with van der Waals surface area (Å²) in [5.41, 5.74) is 1.44. The van der Waals surface area contributed by atoms with Crippen LogP contribution in [0.25, 0.3) is 0 Å². The molecule has 2 aliphatic heterocycles. The molecule has 1 atom stereocenters. The van der Waals surface area contributed by atoms with Gasteiger partial charge in [-0.1, -0.05) is 30.3 Å². The van der Waals surface area contributed by atoms with Crippen molar-refractivity contribution in [1.82, 2.24) is 15.1 Å². The van der Waals surface area contributed by atoms with Crippen LogP contribution in [0.5, 0.6) is 0 Å². The van der Waals surface area contributed by atoms with Crippen molar-refractivity contribution in [3.8, 4) is 0 Å². The molecular weight excluding hydrogens is 390 g/mol. The van der Waals surface area contributed by atoms with Crippen LogP contribution in [0, 0.1) is 5.92 Å². The van der Waals surface area contributed by atoms with Gasteiger partial charge in [0.2, 0.25) is 5.91 Å². The van der Waals surface area contributed by atoms with Gasteiger partial charge in [0.25, 0.3) is 0 Å². The highest BCUT2D eigenvalue weighted by molar-refractivity contribution is 5.78. The van der Waals surface area contributed by atoms with E-state index < -0.39 is 6.10 Å². The molecule has 1 aromatic carbocycles. The number of piperidine rings is 2. The molecule has 3 rings (SSSR count). The fourth-order valence-electron chi connectivity index (χ4n) is 4.86. The van der Waals surface area contributed by atoms with Crippen molar-refractivity contribution in [3.63, 3.8) is 0 Å². The lowest BCUT2D eigenvalue weighted by molar-refractivity contribution is -0.127. The molecule has 0 spiro atoms. The summed E-state index contributed by atoms with van der Waals surface area (Å²) in [5.74, 6) is 0.164. The number of rotatable bonds is 11. The number of aliphatic hydroxyl groups is 1. The van der Waals surface area contributed by atoms with E-state index in [1.807, 2.05) is 6.92 Å². The summed E-state index contributed by atoms with van der Waals surface area (Å²) in [6.45, 7) is 8.64. The Morgan fingerprint density at radius 2 is 1.84 bits per heavy atom. The van der Waals surface area contributed by atoms with E-state index >= 15 is 0 Å². The number of nitrogens with zero attached hydrogens (tertiary/aromatic N) is 2. The van der Waals surface area contributed by atoms with E-state index in [0.717, 1.165) is 25.9 Å². The molecule has 2 fully saturated rings. The van der Waals surface area contributed by atoms with Gasteiger partial charge in [-0.25, -0.2) is 0 Å². The summed E-state index contributed by atoms with van der Waals surface area (Å²) in [5, 5.41) is 12.7. The van der Waals surface area contributed by atoms with Crippen molar-refractivity contribution in [2.45, 2.75) is 57.6 Å². The molecule has 0 bridgehead atoms. The molecule has 0 aliphatic carbocycles. The Kier molecular flexibility index (Phi) is 10.3. The molecule has 1 aromatic rings. The Balaban J connectivity index is 1.28. The number of carbonyl (C=O) groups is 1. The second kappa shape index (κ2) is 13.2. The average Bonchev–Trinajstić information content (AvgIpc) is 2.82. The fraction of sp³-hybridized carbons (Fsp3) is 0.720. The topological polar surface area (TPSA) is 65.0 Å². The Bertz CT molecular complexity index is 626. The summed E-state index contributed by atoms with van der Waals surface area (Å²) in [4.78, 5) is 17.6. The summed E-state index contributed by atoms with van der Waals surface area (Å²) in [6, 6.07) is 11.4. The Labute approximate surface area is 187 Å². The third-order valence-corrected chi connectivity index (χ3v) is 6.78. The molecule has 2 heterocycles. The molecule has 2 saturated heterocycles. The van der Waals surface area contributed by atoms with Gasteiger partial charge < -0.3 is 25.0 Å². The molecular formula is C25H41N3O3. The molecule has 2 aliphatic rings. The molecule has 174 valence electrons. The SMILES string of the molecule is CCOCC(O)CNC(=O)C1CCN(C2CCN(CCCc3ccccc3)CC2)CC1. The molecule has 6 nitrogen and oxygen atoms in total. The standard InChI is InChI=1S/C25H41N3O3/c1-2-31-20-24(29)19-26-25(30)22-10-17-28(18-11-22)23-12-15-27(16-13-23)14-6-9-21-7-4-3-5-8-21/h3-5,7-8,22-24,29H,2,6,9-20H2,1H3,(H,26,30). The Morgan fingerprint density at radius 1 is 1.13 bits per heavy atom. The number of benzene rings is 1. The monoisotopic (exact) mass is 431 g/mol. The minimum absolute atomic E-state index is 0.0774. The van der Waals surface area contributed by atoms with E-state index in [1.54, 1.807) is 0 Å². The number of ether oxygens (including phenoxy) is 1. The van der Waals surface area contributed by atoms with Gasteiger partial charge in [0.1, 0.15) is 0 Å². The van der Waals surface area contributed by atoms with Gasteiger partial charge in [0, 0.05) is 25.1 Å². The average molecular weight is 432 g/mol. The maximum atomic E-state index is 12.4. The molecule has 0 radical (unpaired) electrons. The highest BCUT2D eigenvalue weighted by Gasteiger charge is 2.30. The molecule has 6 heteroatoms. The van der Waals surface area contributed by atoms with E-state index in [0.29, 0.717) is 12.6 Å². The van der Waals surface area contributed by atoms with Crippen molar-refractivity contribution in [2.75, 3.05) is 52.5 Å². The van der Waals surface area contributed by atoms with Gasteiger partial charge in [-0.2, -0.15) is 0 Å². The fourth-order valence-corrected chi connectivity index (χ4v) is 4.86. The predicted octanol–water partition coefficient (Wildman–Crippen LogP) is 2.31. The van der Waals surface area contributed by atoms with E-state index in [4.69, 9.17) is 4.74 Å². The quantitative estimate of drug-likeness (QED) is 0.563. The number of likely N-dealkylation sites (tertiary alicyclic amines) is 2. The predicted molar refractivity (Wildman–Crippen MR) is 124 cm³/mol. The molecule has 1 amide bonds. The number of aryl methyl sites for hydroxylation is 1. The Hall–Kier alpha value is -1.47. The van der Waals surface area contributed by atoms with Gasteiger partial charge in [0.15, 0.2) is 0 Å². The smallest absolute Gasteiger partial charge is 0.223 e. The van der Waals surface area contributed by atoms with Gasteiger partial charge in [-0.15, -0.1) is 0 Å². The zero-order valence-electron chi connectivity index (χ0n) is 19.2. The summed E-state index contributed by atoms with van der Waals surface area (Å²) >= 11 is 0. The van der Waals surface area contributed by atoms with Gasteiger partial charge in [-0.05, 0) is 83.7 Å². The number of nitrogens with one attached hydrogen (secondary N) is 1. The second-order valence-electron chi connectivity index (χ2n) is 9.03. The minimum Gasteiger partial charge on any atom is -0.389 e. The van der Waals surface area contributed by atoms with Crippen LogP contribution in [-0.4, -0.2) is 85.4 Å². The Morgan fingerprint density at radius 3 is 2.52 bits per heavy atom. The van der Waals surface area contributed by atoms with Gasteiger partial charge in [-0.3, -0.25) is 4.79 Å². The van der Waals surface area contributed by atoms with Crippen molar-refractivity contribution in [2.24, 2.45) is 5.92 Å². The first kappa shape index (κ1) is 24.2. The summed E-state index contributed by atoms with van der Waals surface area (Å²) in [6.07, 6.45) is 6.10. The third kappa shape index (κ3) is 8.19. The van der Waals surface area contributed by atoms with Crippen LogP contribution in [-0.2, 0) is 16.0 Å². The first-order valence-corrected chi connectivity index (χ1v) is 12.2. The van der Waals surface area contributed by atoms with Crippen LogP contribution >= 0.6 is 0 Å². The van der Waals surface area contributed by atoms with E-state index in [2.05, 4.69) is 45.4 Å². The number of hydrogen-bond donors (Lipinski definition) is 2. The minimum atomic E-state index is -0.623. The molecule has 0 aromatic heterocycles. The van der Waals surface area contributed by atoms with E-state index in [-0.39, 0.29) is 25.0 Å². The highest BCUT2D eigenvalue weighted by Crippen LogP contribution is 2.24. The molecule has 0 saturated carbocycles. The zero-order chi connectivity index (χ0) is 21.9. The first-order valence-electron chi connectivity index (χ1n) is 12.2. The van der Waals surface area contributed by atoms with Crippen LogP contribution in [0.3, 0.4) is 0 Å². The highest BCUT2D eigenvalue weighted by atomic mass is 16.5. The lowest BCUT2D eigenvalue weighted by Crippen LogP contribution is -2.49. The van der Waals surface area contributed by atoms with Crippen LogP contribution in [0.4, 0.5) is 0 Å². The molecule has 1 unspecified atom stereocenters. The van der Waals surface area contributed by atoms with Crippen LogP contribution in [0.2, 0.25) is 0 Å². The normalized spacial score (nSPS) is 20.6. The van der Waals surface area contributed by atoms with Crippen molar-refractivity contribution < 1.29 is 14.6 Å². The van der Waals surface area contributed by atoms with E-state index in [1.165, 1.54) is 50.9 Å². The number of hydrogen-bond acceptors (Lipinski definition) is 5. The lowest BCUT2D eigenvalue weighted by atomic mass is 9.92. The summed E-state index contributed by atoms with van der Waals surface area (Å²) in [7, 11) is 0. The van der Waals surface area contributed by atoms with Crippen LogP contribution < -0.4 is 5.32 Å². The number of amides is 1. The maximum Gasteiger partial charge on any atom is 0.223 e. The maximum absolute atomic E-state index is 12.4. The van der Waals surface area contributed by atoms with Crippen LogP contribution in [0.15, 0.2) is 30.3 Å².